The number of halogens is 1. The molecule has 0 aliphatic carbocycles. The Morgan fingerprint density at radius 3 is 3.17 bits per heavy atom. The molecule has 18 heavy (non-hydrogen) atoms. The van der Waals surface area contributed by atoms with E-state index in [1.54, 1.807) is 11.3 Å². The van der Waals surface area contributed by atoms with Crippen LogP contribution >= 0.6 is 27.3 Å². The highest BCUT2D eigenvalue weighted by atomic mass is 79.9. The number of nitrogens with one attached hydrogen (secondary N) is 1. The molecule has 1 aliphatic heterocycles. The lowest BCUT2D eigenvalue weighted by Crippen LogP contribution is -2.26. The van der Waals surface area contributed by atoms with Crippen LogP contribution in [-0.4, -0.2) is 6.61 Å². The van der Waals surface area contributed by atoms with Gasteiger partial charge in [0.1, 0.15) is 5.75 Å². The van der Waals surface area contributed by atoms with Gasteiger partial charge < -0.3 is 10.1 Å². The zero-order valence-corrected chi connectivity index (χ0v) is 12.3. The van der Waals surface area contributed by atoms with Crippen molar-refractivity contribution < 1.29 is 4.74 Å². The predicted molar refractivity (Wildman–Crippen MR) is 78.2 cm³/mol. The number of benzene rings is 1. The molecule has 4 heteroatoms. The summed E-state index contributed by atoms with van der Waals surface area (Å²) in [7, 11) is 0. The molecule has 0 bridgehead atoms. The summed E-state index contributed by atoms with van der Waals surface area (Å²) in [6, 6.07) is 10.9. The molecule has 94 valence electrons. The lowest BCUT2D eigenvalue weighted by molar-refractivity contribution is 0.252. The van der Waals surface area contributed by atoms with Crippen molar-refractivity contribution in [3.05, 3.63) is 50.6 Å². The molecule has 2 heterocycles. The van der Waals surface area contributed by atoms with E-state index in [0.717, 1.165) is 29.8 Å². The third-order valence-electron chi connectivity index (χ3n) is 3.11. The van der Waals surface area contributed by atoms with E-state index < -0.39 is 0 Å². The van der Waals surface area contributed by atoms with Gasteiger partial charge in [0.2, 0.25) is 0 Å². The van der Waals surface area contributed by atoms with Crippen molar-refractivity contribution in [2.45, 2.75) is 19.0 Å². The Morgan fingerprint density at radius 1 is 1.39 bits per heavy atom. The Morgan fingerprint density at radius 2 is 2.33 bits per heavy atom. The molecular formula is C14H14BrNOS. The smallest absolute Gasteiger partial charge is 0.124 e. The van der Waals surface area contributed by atoms with Gasteiger partial charge in [-0.3, -0.25) is 0 Å². The van der Waals surface area contributed by atoms with E-state index in [4.69, 9.17) is 4.74 Å². The quantitative estimate of drug-likeness (QED) is 0.917. The van der Waals surface area contributed by atoms with Crippen molar-refractivity contribution in [1.82, 2.24) is 5.32 Å². The highest BCUT2D eigenvalue weighted by Crippen LogP contribution is 2.34. The fourth-order valence-electron chi connectivity index (χ4n) is 2.21. The lowest BCUT2D eigenvalue weighted by atomic mass is 10.0. The van der Waals surface area contributed by atoms with Crippen LogP contribution in [0.2, 0.25) is 0 Å². The normalized spacial score (nSPS) is 18.2. The first-order valence-corrected chi connectivity index (χ1v) is 7.68. The molecule has 0 saturated heterocycles. The Bertz CT molecular complexity index is 527. The first kappa shape index (κ1) is 12.2. The van der Waals surface area contributed by atoms with Crippen molar-refractivity contribution in [1.29, 1.82) is 0 Å². The van der Waals surface area contributed by atoms with Gasteiger partial charge in [-0.25, -0.2) is 0 Å². The molecule has 0 saturated carbocycles. The highest BCUT2D eigenvalue weighted by Gasteiger charge is 2.21. The van der Waals surface area contributed by atoms with Crippen LogP contribution < -0.4 is 10.1 Å². The minimum Gasteiger partial charge on any atom is -0.493 e. The fourth-order valence-corrected chi connectivity index (χ4v) is 3.25. The molecule has 0 fully saturated rings. The van der Waals surface area contributed by atoms with E-state index in [2.05, 4.69) is 44.8 Å². The van der Waals surface area contributed by atoms with Crippen molar-refractivity contribution >= 4 is 27.3 Å². The lowest BCUT2D eigenvalue weighted by Gasteiger charge is -2.27. The van der Waals surface area contributed by atoms with E-state index >= 15 is 0 Å². The Hall–Kier alpha value is -0.840. The second-order valence-electron chi connectivity index (χ2n) is 4.33. The number of hydrogen-bond acceptors (Lipinski definition) is 3. The van der Waals surface area contributed by atoms with Gasteiger partial charge in [-0.2, -0.15) is 0 Å². The first-order chi connectivity index (χ1) is 8.83. The standard InChI is InChI=1S/C14H14BrNOS/c15-10-3-4-14-12(8-10)13(5-6-17-14)16-9-11-2-1-7-18-11/h1-4,7-8,13,16H,5-6,9H2. The Balaban J connectivity index is 1.76. The first-order valence-electron chi connectivity index (χ1n) is 6.01. The van der Waals surface area contributed by atoms with E-state index in [-0.39, 0.29) is 0 Å². The van der Waals surface area contributed by atoms with Crippen LogP contribution in [0.4, 0.5) is 0 Å². The maximum absolute atomic E-state index is 5.69. The van der Waals surface area contributed by atoms with Crippen LogP contribution in [0, 0.1) is 0 Å². The molecule has 3 rings (SSSR count). The average molecular weight is 324 g/mol. The summed E-state index contributed by atoms with van der Waals surface area (Å²) in [5.41, 5.74) is 1.26. The SMILES string of the molecule is Brc1ccc2c(c1)C(NCc1cccs1)CCO2. The topological polar surface area (TPSA) is 21.3 Å². The van der Waals surface area contributed by atoms with Gasteiger partial charge in [0.25, 0.3) is 0 Å². The van der Waals surface area contributed by atoms with E-state index in [1.807, 2.05) is 12.1 Å². The molecule has 2 aromatic rings. The molecule has 1 atom stereocenters. The minimum absolute atomic E-state index is 0.383. The summed E-state index contributed by atoms with van der Waals surface area (Å²) in [5, 5.41) is 5.73. The average Bonchev–Trinajstić information content (AvgIpc) is 2.89. The third kappa shape index (κ3) is 2.60. The van der Waals surface area contributed by atoms with Crippen LogP contribution in [0.5, 0.6) is 5.75 Å². The number of ether oxygens (including phenoxy) is 1. The van der Waals surface area contributed by atoms with Crippen LogP contribution in [0.3, 0.4) is 0 Å². The largest absolute Gasteiger partial charge is 0.493 e. The maximum Gasteiger partial charge on any atom is 0.124 e. The van der Waals surface area contributed by atoms with Gasteiger partial charge in [-0.05, 0) is 29.6 Å². The molecule has 1 aromatic carbocycles. The number of hydrogen-bond donors (Lipinski definition) is 1. The van der Waals surface area contributed by atoms with Crippen molar-refractivity contribution in [2.24, 2.45) is 0 Å². The van der Waals surface area contributed by atoms with Gasteiger partial charge in [0.05, 0.1) is 6.61 Å². The van der Waals surface area contributed by atoms with Gasteiger partial charge in [0.15, 0.2) is 0 Å². The second kappa shape index (κ2) is 5.43. The van der Waals surface area contributed by atoms with Crippen molar-refractivity contribution in [3.63, 3.8) is 0 Å². The summed E-state index contributed by atoms with van der Waals surface area (Å²) in [5.74, 6) is 1.01. The van der Waals surface area contributed by atoms with Crippen LogP contribution in [0.1, 0.15) is 22.9 Å². The van der Waals surface area contributed by atoms with Crippen LogP contribution in [-0.2, 0) is 6.54 Å². The van der Waals surface area contributed by atoms with Gasteiger partial charge in [-0.1, -0.05) is 22.0 Å². The molecule has 1 aromatic heterocycles. The summed E-state index contributed by atoms with van der Waals surface area (Å²) in [6.07, 6.45) is 1.02. The Kier molecular flexibility index (Phi) is 3.68. The van der Waals surface area contributed by atoms with Crippen LogP contribution in [0.15, 0.2) is 40.2 Å². The number of fused-ring (bicyclic) bond motifs is 1. The summed E-state index contributed by atoms with van der Waals surface area (Å²) in [6.45, 7) is 1.71. The van der Waals surface area contributed by atoms with Crippen molar-refractivity contribution in [2.75, 3.05) is 6.61 Å². The molecule has 0 spiro atoms. The van der Waals surface area contributed by atoms with E-state index in [9.17, 15) is 0 Å². The highest BCUT2D eigenvalue weighted by molar-refractivity contribution is 9.10. The van der Waals surface area contributed by atoms with Gasteiger partial charge in [-0.15, -0.1) is 11.3 Å². The zero-order valence-electron chi connectivity index (χ0n) is 9.86. The van der Waals surface area contributed by atoms with Crippen LogP contribution in [0.25, 0.3) is 0 Å². The van der Waals surface area contributed by atoms with E-state index in [1.165, 1.54) is 10.4 Å². The van der Waals surface area contributed by atoms with E-state index in [0.29, 0.717) is 6.04 Å². The maximum atomic E-state index is 5.69. The number of thiophene rings is 1. The van der Waals surface area contributed by atoms with Gasteiger partial charge >= 0.3 is 0 Å². The molecule has 1 unspecified atom stereocenters. The summed E-state index contributed by atoms with van der Waals surface area (Å²) in [4.78, 5) is 1.37. The Labute approximate surface area is 119 Å². The second-order valence-corrected chi connectivity index (χ2v) is 6.28. The summed E-state index contributed by atoms with van der Waals surface area (Å²) < 4.78 is 6.79. The molecule has 0 amide bonds. The molecule has 1 N–H and O–H groups in total. The fraction of sp³-hybridized carbons (Fsp3) is 0.286. The zero-order chi connectivity index (χ0) is 12.4. The van der Waals surface area contributed by atoms with Gasteiger partial charge in [0, 0.05) is 33.9 Å². The molecular weight excluding hydrogens is 310 g/mol. The number of rotatable bonds is 3. The van der Waals surface area contributed by atoms with Crippen molar-refractivity contribution in [3.8, 4) is 5.75 Å². The molecule has 1 aliphatic rings. The summed E-state index contributed by atoms with van der Waals surface area (Å²) >= 11 is 5.32. The molecule has 2 nitrogen and oxygen atoms in total. The third-order valence-corrected chi connectivity index (χ3v) is 4.48. The monoisotopic (exact) mass is 323 g/mol. The predicted octanol–water partition coefficient (Wildman–Crippen LogP) is 4.12. The minimum atomic E-state index is 0.383. The molecule has 0 radical (unpaired) electrons.